The molecule has 2 atom stereocenters. The molecule has 4 rings (SSSR count). The van der Waals surface area contributed by atoms with Gasteiger partial charge in [0.1, 0.15) is 5.60 Å². The summed E-state index contributed by atoms with van der Waals surface area (Å²) in [7, 11) is 0. The predicted molar refractivity (Wildman–Crippen MR) is 82.5 cm³/mol. The maximum absolute atomic E-state index is 6.01. The van der Waals surface area contributed by atoms with Gasteiger partial charge in [-0.05, 0) is 29.7 Å². The van der Waals surface area contributed by atoms with Crippen molar-refractivity contribution < 1.29 is 4.74 Å². The molecular formula is C17H17ClN2O. The number of hydrogen-bond acceptors (Lipinski definition) is 3. The molecule has 2 saturated heterocycles. The van der Waals surface area contributed by atoms with Crippen molar-refractivity contribution in [2.24, 2.45) is 0 Å². The number of ether oxygens (including phenoxy) is 1. The summed E-state index contributed by atoms with van der Waals surface area (Å²) < 4.78 is 6.01. The van der Waals surface area contributed by atoms with Crippen molar-refractivity contribution in [2.75, 3.05) is 13.2 Å². The summed E-state index contributed by atoms with van der Waals surface area (Å²) in [6, 6.07) is 13.1. The van der Waals surface area contributed by atoms with Gasteiger partial charge in [-0.3, -0.25) is 4.98 Å². The Balaban J connectivity index is 1.52. The van der Waals surface area contributed by atoms with Gasteiger partial charge in [-0.15, -0.1) is 0 Å². The number of fused-ring (bicyclic) bond motifs is 2. The maximum atomic E-state index is 6.01. The van der Waals surface area contributed by atoms with Gasteiger partial charge in [0, 0.05) is 30.9 Å². The first-order valence-electron chi connectivity index (χ1n) is 7.31. The third kappa shape index (κ3) is 2.46. The van der Waals surface area contributed by atoms with E-state index >= 15 is 0 Å². The molecule has 0 saturated carbocycles. The predicted octanol–water partition coefficient (Wildman–Crippen LogP) is 2.91. The zero-order valence-electron chi connectivity index (χ0n) is 11.7. The van der Waals surface area contributed by atoms with Crippen molar-refractivity contribution in [3.63, 3.8) is 0 Å². The van der Waals surface area contributed by atoms with Gasteiger partial charge in [-0.2, -0.15) is 0 Å². The Hall–Kier alpha value is -1.42. The van der Waals surface area contributed by atoms with E-state index in [2.05, 4.69) is 34.6 Å². The molecule has 2 fully saturated rings. The Morgan fingerprint density at radius 2 is 2.10 bits per heavy atom. The molecule has 1 aromatic carbocycles. The van der Waals surface area contributed by atoms with Gasteiger partial charge in [0.15, 0.2) is 0 Å². The van der Waals surface area contributed by atoms with Crippen LogP contribution in [0.2, 0.25) is 5.02 Å². The fourth-order valence-corrected chi connectivity index (χ4v) is 3.40. The average Bonchev–Trinajstić information content (AvgIpc) is 3.12. The zero-order valence-corrected chi connectivity index (χ0v) is 12.4. The van der Waals surface area contributed by atoms with Crippen molar-refractivity contribution in [3.8, 4) is 0 Å². The Kier molecular flexibility index (Phi) is 3.21. The van der Waals surface area contributed by atoms with Crippen molar-refractivity contribution in [1.29, 1.82) is 0 Å². The van der Waals surface area contributed by atoms with Crippen LogP contribution in [0.15, 0.2) is 42.6 Å². The molecule has 0 amide bonds. The number of nitrogens with zero attached hydrogens (tertiary/aromatic N) is 1. The van der Waals surface area contributed by atoms with Crippen molar-refractivity contribution >= 4 is 11.6 Å². The first kappa shape index (κ1) is 13.3. The number of morpholine rings is 1. The molecule has 2 aliphatic heterocycles. The summed E-state index contributed by atoms with van der Waals surface area (Å²) in [4.78, 5) is 4.34. The molecule has 0 spiro atoms. The Morgan fingerprint density at radius 1 is 1.24 bits per heavy atom. The van der Waals surface area contributed by atoms with Crippen molar-refractivity contribution in [3.05, 3.63) is 64.4 Å². The van der Waals surface area contributed by atoms with Crippen LogP contribution in [-0.2, 0) is 16.8 Å². The van der Waals surface area contributed by atoms with E-state index in [0.29, 0.717) is 11.1 Å². The van der Waals surface area contributed by atoms with Crippen LogP contribution in [0.1, 0.15) is 23.2 Å². The lowest BCUT2D eigenvalue weighted by Crippen LogP contribution is -2.37. The van der Waals surface area contributed by atoms with Crippen LogP contribution in [0.3, 0.4) is 0 Å². The Labute approximate surface area is 129 Å². The van der Waals surface area contributed by atoms with Crippen LogP contribution in [0.5, 0.6) is 0 Å². The fourth-order valence-electron chi connectivity index (χ4n) is 3.29. The minimum absolute atomic E-state index is 0.0955. The monoisotopic (exact) mass is 300 g/mol. The fraction of sp³-hybridized carbons (Fsp3) is 0.353. The maximum Gasteiger partial charge on any atom is 0.107 e. The number of pyridine rings is 1. The first-order valence-corrected chi connectivity index (χ1v) is 7.69. The highest BCUT2D eigenvalue weighted by molar-refractivity contribution is 6.30. The van der Waals surface area contributed by atoms with Crippen molar-refractivity contribution in [2.45, 2.75) is 24.5 Å². The summed E-state index contributed by atoms with van der Waals surface area (Å²) in [6.07, 6.45) is 3.61. The minimum Gasteiger partial charge on any atom is -0.367 e. The molecule has 1 aromatic heterocycles. The lowest BCUT2D eigenvalue weighted by molar-refractivity contribution is -0.00959. The number of halogens is 1. The molecule has 21 heavy (non-hydrogen) atoms. The van der Waals surface area contributed by atoms with E-state index in [1.54, 1.807) is 6.20 Å². The molecule has 0 radical (unpaired) electrons. The summed E-state index contributed by atoms with van der Waals surface area (Å²) >= 11 is 5.86. The smallest absolute Gasteiger partial charge is 0.107 e. The number of rotatable bonds is 3. The van der Waals surface area contributed by atoms with Gasteiger partial charge in [-0.25, -0.2) is 0 Å². The standard InChI is InChI=1S/C17H17ClN2O/c18-14-5-6-15(19-9-14)7-12-1-3-13(4-2-12)17-8-16(10-21-17)20-11-17/h1-6,9,16,20H,7-8,10-11H2/t16-,17-/m1/s1. The molecule has 3 heterocycles. The third-order valence-corrected chi connectivity index (χ3v) is 4.69. The molecule has 4 heteroatoms. The molecule has 0 unspecified atom stereocenters. The molecule has 2 aromatic rings. The molecule has 2 aliphatic rings. The number of aromatic nitrogens is 1. The second-order valence-electron chi connectivity index (χ2n) is 5.93. The molecule has 2 bridgehead atoms. The van der Waals surface area contributed by atoms with E-state index < -0.39 is 0 Å². The Bertz CT molecular complexity index is 631. The van der Waals surface area contributed by atoms with Crippen LogP contribution in [-0.4, -0.2) is 24.2 Å². The van der Waals surface area contributed by atoms with Crippen LogP contribution < -0.4 is 5.32 Å². The van der Waals surface area contributed by atoms with E-state index in [0.717, 1.165) is 31.7 Å². The van der Waals surface area contributed by atoms with Gasteiger partial charge in [0.2, 0.25) is 0 Å². The number of benzene rings is 1. The number of nitrogens with one attached hydrogen (secondary N) is 1. The van der Waals surface area contributed by atoms with Gasteiger partial charge >= 0.3 is 0 Å². The molecule has 108 valence electrons. The highest BCUT2D eigenvalue weighted by Gasteiger charge is 2.47. The second-order valence-corrected chi connectivity index (χ2v) is 6.37. The van der Waals surface area contributed by atoms with Crippen LogP contribution >= 0.6 is 11.6 Å². The summed E-state index contributed by atoms with van der Waals surface area (Å²) in [5.41, 5.74) is 3.47. The second kappa shape index (κ2) is 5.09. The van der Waals surface area contributed by atoms with Gasteiger partial charge in [-0.1, -0.05) is 35.9 Å². The van der Waals surface area contributed by atoms with E-state index in [1.807, 2.05) is 12.1 Å². The van der Waals surface area contributed by atoms with E-state index in [-0.39, 0.29) is 5.60 Å². The topological polar surface area (TPSA) is 34.1 Å². The zero-order chi connectivity index (χ0) is 14.3. The molecule has 1 N–H and O–H groups in total. The SMILES string of the molecule is Clc1ccc(Cc2ccc([C@@]34CN[C@@H](CO3)C4)cc2)nc1. The quantitative estimate of drug-likeness (QED) is 0.946. The van der Waals surface area contributed by atoms with E-state index in [4.69, 9.17) is 16.3 Å². The van der Waals surface area contributed by atoms with Crippen LogP contribution in [0, 0.1) is 0 Å². The highest BCUT2D eigenvalue weighted by atomic mass is 35.5. The Morgan fingerprint density at radius 3 is 2.67 bits per heavy atom. The van der Waals surface area contributed by atoms with Crippen molar-refractivity contribution in [1.82, 2.24) is 10.3 Å². The summed E-state index contributed by atoms with van der Waals surface area (Å²) in [5.74, 6) is 0. The average molecular weight is 301 g/mol. The van der Waals surface area contributed by atoms with Gasteiger partial charge < -0.3 is 10.1 Å². The van der Waals surface area contributed by atoms with Crippen LogP contribution in [0.4, 0.5) is 0 Å². The largest absolute Gasteiger partial charge is 0.367 e. The lowest BCUT2D eigenvalue weighted by Gasteiger charge is -2.27. The van der Waals surface area contributed by atoms with Gasteiger partial charge in [0.25, 0.3) is 0 Å². The number of hydrogen-bond donors (Lipinski definition) is 1. The molecule has 3 nitrogen and oxygen atoms in total. The lowest BCUT2D eigenvalue weighted by atomic mass is 9.91. The minimum atomic E-state index is -0.0955. The summed E-state index contributed by atoms with van der Waals surface area (Å²) in [5, 5.41) is 4.18. The van der Waals surface area contributed by atoms with E-state index in [1.165, 1.54) is 11.1 Å². The van der Waals surface area contributed by atoms with E-state index in [9.17, 15) is 0 Å². The molecular weight excluding hydrogens is 284 g/mol. The van der Waals surface area contributed by atoms with Crippen LogP contribution in [0.25, 0.3) is 0 Å². The third-order valence-electron chi connectivity index (χ3n) is 4.47. The highest BCUT2D eigenvalue weighted by Crippen LogP contribution is 2.40. The summed E-state index contributed by atoms with van der Waals surface area (Å²) in [6.45, 7) is 1.76. The molecule has 0 aliphatic carbocycles. The van der Waals surface area contributed by atoms with Gasteiger partial charge in [0.05, 0.1) is 11.6 Å². The normalized spacial score (nSPS) is 27.2. The first-order chi connectivity index (χ1) is 10.2.